The molecule has 2 heterocycles. The lowest BCUT2D eigenvalue weighted by molar-refractivity contribution is 0.201. The van der Waals surface area contributed by atoms with Crippen LogP contribution < -0.4 is 5.32 Å². The van der Waals surface area contributed by atoms with Gasteiger partial charge in [-0.15, -0.1) is 0 Å². The van der Waals surface area contributed by atoms with Gasteiger partial charge in [0.05, 0.1) is 0 Å². The Morgan fingerprint density at radius 3 is 3.18 bits per heavy atom. The molecule has 2 aliphatic heterocycles. The molecule has 2 unspecified atom stereocenters. The Morgan fingerprint density at radius 2 is 2.36 bits per heavy atom. The van der Waals surface area contributed by atoms with Crippen LogP contribution in [-0.2, 0) is 0 Å². The Morgan fingerprint density at radius 1 is 1.55 bits per heavy atom. The van der Waals surface area contributed by atoms with Crippen LogP contribution in [0.5, 0.6) is 0 Å². The van der Waals surface area contributed by atoms with Crippen molar-refractivity contribution < 1.29 is 0 Å². The first-order chi connectivity index (χ1) is 5.27. The summed E-state index contributed by atoms with van der Waals surface area (Å²) in [6, 6.07) is 1.30. The first-order valence-electron chi connectivity index (χ1n) is 4.43. The molecule has 2 bridgehead atoms. The number of likely N-dealkylation sites (tertiary alicyclic amines) is 1. The largest absolute Gasteiger partial charge is 0.376 e. The molecule has 11 heavy (non-hydrogen) atoms. The van der Waals surface area contributed by atoms with Crippen molar-refractivity contribution in [1.29, 1.82) is 0 Å². The lowest BCUT2D eigenvalue weighted by atomic mass is 9.92. The number of fused-ring (bicyclic) bond motifs is 2. The van der Waals surface area contributed by atoms with Gasteiger partial charge in [0.15, 0.2) is 0 Å². The molecule has 0 aromatic rings. The molecule has 0 amide bonds. The van der Waals surface area contributed by atoms with Gasteiger partial charge in [0, 0.05) is 31.4 Å². The van der Waals surface area contributed by atoms with E-state index in [0.717, 1.165) is 12.6 Å². The third kappa shape index (κ3) is 1.16. The smallest absolute Gasteiger partial charge is 0.0468 e. The van der Waals surface area contributed by atoms with Crippen LogP contribution in [0.4, 0.5) is 0 Å². The molecule has 2 saturated heterocycles. The summed E-state index contributed by atoms with van der Waals surface area (Å²) in [5.41, 5.74) is 1.28. The number of piperidine rings is 1. The molecule has 2 atom stereocenters. The van der Waals surface area contributed by atoms with Crippen LogP contribution in [0.1, 0.15) is 19.3 Å². The van der Waals surface area contributed by atoms with Gasteiger partial charge >= 0.3 is 0 Å². The molecule has 0 aromatic heterocycles. The molecule has 2 aliphatic rings. The molecular formula is C9H16N2. The van der Waals surface area contributed by atoms with E-state index in [1.54, 1.807) is 0 Å². The van der Waals surface area contributed by atoms with Crippen LogP contribution in [0.3, 0.4) is 0 Å². The lowest BCUT2D eigenvalue weighted by Gasteiger charge is -2.43. The summed E-state index contributed by atoms with van der Waals surface area (Å²) in [4.78, 5) is 2.30. The highest BCUT2D eigenvalue weighted by Gasteiger charge is 2.30. The monoisotopic (exact) mass is 152 g/mol. The fourth-order valence-electron chi connectivity index (χ4n) is 2.14. The maximum absolute atomic E-state index is 4.08. The minimum atomic E-state index is 0.576. The van der Waals surface area contributed by atoms with Crippen LogP contribution in [0.25, 0.3) is 0 Å². The van der Waals surface area contributed by atoms with Crippen molar-refractivity contribution in [3.05, 3.63) is 12.3 Å². The highest BCUT2D eigenvalue weighted by Crippen LogP contribution is 2.24. The van der Waals surface area contributed by atoms with E-state index in [9.17, 15) is 0 Å². The van der Waals surface area contributed by atoms with Crippen molar-refractivity contribution in [2.45, 2.75) is 31.3 Å². The second kappa shape index (κ2) is 2.52. The minimum Gasteiger partial charge on any atom is -0.376 e. The number of nitrogens with one attached hydrogen (secondary N) is 1. The number of rotatable bonds is 0. The quantitative estimate of drug-likeness (QED) is 0.556. The van der Waals surface area contributed by atoms with E-state index in [-0.39, 0.29) is 0 Å². The Hall–Kier alpha value is -0.500. The molecule has 0 radical (unpaired) electrons. The van der Waals surface area contributed by atoms with Crippen LogP contribution in [0.2, 0.25) is 0 Å². The van der Waals surface area contributed by atoms with Gasteiger partial charge in [-0.2, -0.15) is 0 Å². The second-order valence-electron chi connectivity index (χ2n) is 3.72. The summed E-state index contributed by atoms with van der Waals surface area (Å²) in [6.45, 7) is 5.23. The zero-order chi connectivity index (χ0) is 7.84. The molecule has 2 nitrogen and oxygen atoms in total. The molecule has 2 fully saturated rings. The van der Waals surface area contributed by atoms with Gasteiger partial charge in [-0.05, 0) is 19.3 Å². The predicted molar refractivity (Wildman–Crippen MR) is 46.3 cm³/mol. The predicted octanol–water partition coefficient (Wildman–Crippen LogP) is 0.956. The number of likely N-dealkylation sites (N-methyl/N-ethyl adjacent to an activating group) is 1. The molecule has 62 valence electrons. The summed E-state index contributed by atoms with van der Waals surface area (Å²) >= 11 is 0. The van der Waals surface area contributed by atoms with Gasteiger partial charge in [0.2, 0.25) is 0 Å². The summed E-state index contributed by atoms with van der Waals surface area (Å²) in [5.74, 6) is 0. The summed E-state index contributed by atoms with van der Waals surface area (Å²) in [6.07, 6.45) is 3.99. The van der Waals surface area contributed by atoms with Crippen molar-refractivity contribution in [2.75, 3.05) is 13.6 Å². The van der Waals surface area contributed by atoms with Crippen LogP contribution in [0.15, 0.2) is 12.3 Å². The third-order valence-electron chi connectivity index (χ3n) is 2.87. The maximum Gasteiger partial charge on any atom is 0.0468 e. The number of piperazine rings is 1. The van der Waals surface area contributed by atoms with Gasteiger partial charge < -0.3 is 10.2 Å². The molecular weight excluding hydrogens is 136 g/mol. The molecule has 1 N–H and O–H groups in total. The van der Waals surface area contributed by atoms with Crippen LogP contribution in [0, 0.1) is 0 Å². The number of hydrogen-bond acceptors (Lipinski definition) is 2. The SMILES string of the molecule is C=C1C2CCCC(CN1C)N2. The number of hydrogen-bond donors (Lipinski definition) is 1. The Balaban J connectivity index is 2.11. The zero-order valence-corrected chi connectivity index (χ0v) is 7.14. The first-order valence-corrected chi connectivity index (χ1v) is 4.43. The third-order valence-corrected chi connectivity index (χ3v) is 2.87. The summed E-state index contributed by atoms with van der Waals surface area (Å²) in [7, 11) is 2.15. The summed E-state index contributed by atoms with van der Waals surface area (Å²) < 4.78 is 0. The highest BCUT2D eigenvalue weighted by atomic mass is 15.2. The van der Waals surface area contributed by atoms with Crippen molar-refractivity contribution in [2.24, 2.45) is 0 Å². The Labute approximate surface area is 68.3 Å². The molecule has 0 aromatic carbocycles. The van der Waals surface area contributed by atoms with Gasteiger partial charge in [-0.25, -0.2) is 0 Å². The van der Waals surface area contributed by atoms with Crippen molar-refractivity contribution in [1.82, 2.24) is 10.2 Å². The van der Waals surface area contributed by atoms with E-state index in [0.29, 0.717) is 6.04 Å². The fraction of sp³-hybridized carbons (Fsp3) is 0.778. The molecule has 2 heteroatoms. The standard InChI is InChI=1S/C9H16N2/c1-7-9-5-3-4-8(10-9)6-11(7)2/h8-10H,1,3-6H2,2H3. The van der Waals surface area contributed by atoms with E-state index in [2.05, 4.69) is 23.8 Å². The molecule has 0 saturated carbocycles. The second-order valence-corrected chi connectivity index (χ2v) is 3.72. The topological polar surface area (TPSA) is 15.3 Å². The van der Waals surface area contributed by atoms with Gasteiger partial charge in [0.1, 0.15) is 0 Å². The van der Waals surface area contributed by atoms with E-state index >= 15 is 0 Å². The van der Waals surface area contributed by atoms with E-state index < -0.39 is 0 Å². The van der Waals surface area contributed by atoms with Crippen molar-refractivity contribution in [3.63, 3.8) is 0 Å². The Kier molecular flexibility index (Phi) is 1.64. The van der Waals surface area contributed by atoms with E-state index in [4.69, 9.17) is 0 Å². The highest BCUT2D eigenvalue weighted by molar-refractivity contribution is 5.10. The van der Waals surface area contributed by atoms with E-state index in [1.165, 1.54) is 25.0 Å². The zero-order valence-electron chi connectivity index (χ0n) is 7.14. The number of nitrogens with zero attached hydrogens (tertiary/aromatic N) is 1. The van der Waals surface area contributed by atoms with Crippen LogP contribution in [-0.4, -0.2) is 30.6 Å². The average Bonchev–Trinajstić information content (AvgIpc) is 2.01. The lowest BCUT2D eigenvalue weighted by Crippen LogP contribution is -2.55. The molecule has 2 rings (SSSR count). The molecule has 0 aliphatic carbocycles. The van der Waals surface area contributed by atoms with E-state index in [1.807, 2.05) is 0 Å². The van der Waals surface area contributed by atoms with Crippen molar-refractivity contribution >= 4 is 0 Å². The Bertz CT molecular complexity index is 174. The average molecular weight is 152 g/mol. The van der Waals surface area contributed by atoms with Gasteiger partial charge in [-0.3, -0.25) is 0 Å². The summed E-state index contributed by atoms with van der Waals surface area (Å²) in [5, 5.41) is 3.59. The molecule has 0 spiro atoms. The minimum absolute atomic E-state index is 0.576. The van der Waals surface area contributed by atoms with Gasteiger partial charge in [-0.1, -0.05) is 6.58 Å². The van der Waals surface area contributed by atoms with Crippen LogP contribution >= 0.6 is 0 Å². The first kappa shape index (κ1) is 7.17. The van der Waals surface area contributed by atoms with Crippen molar-refractivity contribution in [3.8, 4) is 0 Å². The van der Waals surface area contributed by atoms with Gasteiger partial charge in [0.25, 0.3) is 0 Å². The normalized spacial score (nSPS) is 37.5. The maximum atomic E-state index is 4.08. The fourth-order valence-corrected chi connectivity index (χ4v) is 2.14.